The molecule has 6 nitrogen and oxygen atoms in total. The molecule has 0 spiro atoms. The lowest BCUT2D eigenvalue weighted by Gasteiger charge is -2.23. The van der Waals surface area contributed by atoms with Gasteiger partial charge in [0.1, 0.15) is 12.1 Å². The zero-order valence-electron chi connectivity index (χ0n) is 11.5. The van der Waals surface area contributed by atoms with Gasteiger partial charge < -0.3 is 15.7 Å². The first-order valence-electron chi connectivity index (χ1n) is 6.20. The van der Waals surface area contributed by atoms with Gasteiger partial charge in [0.25, 0.3) is 0 Å². The standard InChI is InChI=1S/C12H22N2O4S/c1-7(2)10(12(18)19)14-11(17)9(5-4-6-15)13-8(3)16/h7,9-10,15H,4-6H2,1-3H3,(H,13,16)(H,14,17)(H,18,19)/t9-,10+/m1/s1. The van der Waals surface area contributed by atoms with Gasteiger partial charge in [-0.3, -0.25) is 14.4 Å². The number of carbonyl (C=O) groups is 3. The summed E-state index contributed by atoms with van der Waals surface area (Å²) in [5.74, 6) is -0.870. The third-order valence-electron chi connectivity index (χ3n) is 2.58. The van der Waals surface area contributed by atoms with Gasteiger partial charge in [-0.25, -0.2) is 0 Å². The van der Waals surface area contributed by atoms with Crippen molar-refractivity contribution in [1.82, 2.24) is 10.6 Å². The summed E-state index contributed by atoms with van der Waals surface area (Å²) in [4.78, 5) is 34.4. The topological polar surface area (TPSA) is 95.5 Å². The van der Waals surface area contributed by atoms with Crippen LogP contribution in [-0.2, 0) is 14.4 Å². The van der Waals surface area contributed by atoms with E-state index in [0.29, 0.717) is 12.8 Å². The normalized spacial score (nSPS) is 13.8. The summed E-state index contributed by atoms with van der Waals surface area (Å²) < 4.78 is 0. The van der Waals surface area contributed by atoms with Crippen molar-refractivity contribution in [1.29, 1.82) is 0 Å². The largest absolute Gasteiger partial charge is 0.396 e. The molecule has 110 valence electrons. The van der Waals surface area contributed by atoms with Crippen LogP contribution in [0.25, 0.3) is 0 Å². The highest BCUT2D eigenvalue weighted by atomic mass is 32.1. The first-order chi connectivity index (χ1) is 8.79. The molecule has 2 amide bonds. The van der Waals surface area contributed by atoms with E-state index in [-0.39, 0.29) is 18.4 Å². The Hall–Kier alpha value is -1.08. The molecule has 0 saturated heterocycles. The van der Waals surface area contributed by atoms with Crippen molar-refractivity contribution in [3.8, 4) is 0 Å². The molecule has 7 heteroatoms. The van der Waals surface area contributed by atoms with E-state index in [0.717, 1.165) is 0 Å². The predicted octanol–water partition coefficient (Wildman–Crippen LogP) is -0.139. The van der Waals surface area contributed by atoms with E-state index >= 15 is 0 Å². The minimum Gasteiger partial charge on any atom is -0.396 e. The maximum absolute atomic E-state index is 12.0. The Morgan fingerprint density at radius 3 is 2.16 bits per heavy atom. The number of amides is 2. The molecule has 0 saturated carbocycles. The average molecular weight is 290 g/mol. The lowest BCUT2D eigenvalue weighted by atomic mass is 10.0. The second kappa shape index (κ2) is 8.92. The van der Waals surface area contributed by atoms with E-state index in [1.165, 1.54) is 6.92 Å². The van der Waals surface area contributed by atoms with Gasteiger partial charge in [0, 0.05) is 13.5 Å². The first kappa shape index (κ1) is 17.9. The van der Waals surface area contributed by atoms with Crippen LogP contribution in [0.4, 0.5) is 0 Å². The Morgan fingerprint density at radius 1 is 1.21 bits per heavy atom. The first-order valence-corrected chi connectivity index (χ1v) is 6.65. The molecule has 0 bridgehead atoms. The molecule has 0 fully saturated rings. The van der Waals surface area contributed by atoms with Gasteiger partial charge in [-0.1, -0.05) is 13.8 Å². The number of thiol groups is 1. The fourth-order valence-corrected chi connectivity index (χ4v) is 1.94. The highest BCUT2D eigenvalue weighted by Gasteiger charge is 2.26. The summed E-state index contributed by atoms with van der Waals surface area (Å²) >= 11 is 3.73. The second-order valence-electron chi connectivity index (χ2n) is 4.69. The summed E-state index contributed by atoms with van der Waals surface area (Å²) in [7, 11) is 0. The molecule has 0 unspecified atom stereocenters. The smallest absolute Gasteiger partial charge is 0.243 e. The van der Waals surface area contributed by atoms with Crippen molar-refractivity contribution < 1.29 is 19.5 Å². The van der Waals surface area contributed by atoms with Crippen molar-refractivity contribution in [2.24, 2.45) is 5.92 Å². The van der Waals surface area contributed by atoms with E-state index in [4.69, 9.17) is 5.11 Å². The average Bonchev–Trinajstić information content (AvgIpc) is 2.29. The molecule has 0 aliphatic rings. The van der Waals surface area contributed by atoms with Gasteiger partial charge in [0.15, 0.2) is 0 Å². The summed E-state index contributed by atoms with van der Waals surface area (Å²) in [5.41, 5.74) is 0. The number of hydrogen-bond donors (Lipinski definition) is 4. The lowest BCUT2D eigenvalue weighted by molar-refractivity contribution is -0.130. The maximum atomic E-state index is 12.0. The van der Waals surface area contributed by atoms with Crippen LogP contribution in [0.2, 0.25) is 0 Å². The SMILES string of the molecule is CC(=O)N[C@H](CCCO)C(=O)N[C@H](C(=O)S)C(C)C. The quantitative estimate of drug-likeness (QED) is 0.468. The number of aliphatic hydroxyl groups excluding tert-OH is 1. The molecule has 0 aromatic rings. The molecule has 0 aliphatic heterocycles. The third-order valence-corrected chi connectivity index (χ3v) is 2.85. The molecule has 3 N–H and O–H groups in total. The zero-order valence-corrected chi connectivity index (χ0v) is 12.4. The van der Waals surface area contributed by atoms with Crippen LogP contribution in [0, 0.1) is 5.92 Å². The van der Waals surface area contributed by atoms with Crippen LogP contribution in [0.15, 0.2) is 0 Å². The van der Waals surface area contributed by atoms with Crippen LogP contribution in [0.1, 0.15) is 33.6 Å². The van der Waals surface area contributed by atoms with Crippen LogP contribution < -0.4 is 10.6 Å². The van der Waals surface area contributed by atoms with Crippen LogP contribution >= 0.6 is 12.6 Å². The Kier molecular flexibility index (Phi) is 8.42. The minimum absolute atomic E-state index is 0.0670. The molecule has 0 radical (unpaired) electrons. The molecule has 0 aliphatic carbocycles. The molecule has 0 rings (SSSR count). The molecule has 0 aromatic heterocycles. The van der Waals surface area contributed by atoms with Crippen molar-refractivity contribution in [3.05, 3.63) is 0 Å². The number of nitrogens with one attached hydrogen (secondary N) is 2. The molecular weight excluding hydrogens is 268 g/mol. The van der Waals surface area contributed by atoms with Crippen molar-refractivity contribution in [3.63, 3.8) is 0 Å². The van der Waals surface area contributed by atoms with Crippen LogP contribution in [0.5, 0.6) is 0 Å². The van der Waals surface area contributed by atoms with E-state index in [2.05, 4.69) is 23.3 Å². The van der Waals surface area contributed by atoms with E-state index < -0.39 is 23.1 Å². The number of hydrogen-bond acceptors (Lipinski definition) is 4. The highest BCUT2D eigenvalue weighted by molar-refractivity contribution is 7.96. The predicted molar refractivity (Wildman–Crippen MR) is 74.7 cm³/mol. The van der Waals surface area contributed by atoms with Crippen molar-refractivity contribution in [2.45, 2.75) is 45.7 Å². The fraction of sp³-hybridized carbons (Fsp3) is 0.750. The summed E-state index contributed by atoms with van der Waals surface area (Å²) in [6.07, 6.45) is 0.701. The zero-order chi connectivity index (χ0) is 15.0. The van der Waals surface area contributed by atoms with Gasteiger partial charge in [0.2, 0.25) is 16.9 Å². The second-order valence-corrected chi connectivity index (χ2v) is 5.13. The Labute approximate surface area is 118 Å². The van der Waals surface area contributed by atoms with E-state index in [1.807, 2.05) is 0 Å². The molecule has 0 aromatic carbocycles. The van der Waals surface area contributed by atoms with Gasteiger partial charge in [-0.15, -0.1) is 12.6 Å². The molecule has 19 heavy (non-hydrogen) atoms. The van der Waals surface area contributed by atoms with E-state index in [9.17, 15) is 14.4 Å². The number of carbonyl (C=O) groups excluding carboxylic acids is 3. The van der Waals surface area contributed by atoms with Crippen molar-refractivity contribution in [2.75, 3.05) is 6.61 Å². The van der Waals surface area contributed by atoms with Gasteiger partial charge in [-0.2, -0.15) is 0 Å². The molecule has 0 heterocycles. The number of rotatable bonds is 8. The van der Waals surface area contributed by atoms with Gasteiger partial charge >= 0.3 is 0 Å². The van der Waals surface area contributed by atoms with Gasteiger partial charge in [-0.05, 0) is 18.8 Å². The summed E-state index contributed by atoms with van der Waals surface area (Å²) in [5, 5.41) is 13.4. The molecule has 2 atom stereocenters. The van der Waals surface area contributed by atoms with E-state index in [1.54, 1.807) is 13.8 Å². The maximum Gasteiger partial charge on any atom is 0.243 e. The lowest BCUT2D eigenvalue weighted by Crippen LogP contribution is -2.52. The van der Waals surface area contributed by atoms with Crippen LogP contribution in [0.3, 0.4) is 0 Å². The summed E-state index contributed by atoms with van der Waals surface area (Å²) in [6, 6.07) is -1.44. The van der Waals surface area contributed by atoms with Crippen LogP contribution in [-0.4, -0.2) is 40.7 Å². The molecular formula is C12H22N2O4S. The summed E-state index contributed by atoms with van der Waals surface area (Å²) in [6.45, 7) is 4.83. The fourth-order valence-electron chi connectivity index (χ4n) is 1.58. The third kappa shape index (κ3) is 7.17. The minimum atomic E-state index is -0.751. The number of aliphatic hydroxyl groups is 1. The highest BCUT2D eigenvalue weighted by Crippen LogP contribution is 2.07. The monoisotopic (exact) mass is 290 g/mol. The Balaban J connectivity index is 4.68. The van der Waals surface area contributed by atoms with Crippen molar-refractivity contribution >= 4 is 29.6 Å². The van der Waals surface area contributed by atoms with Gasteiger partial charge in [0.05, 0.1) is 0 Å². The Morgan fingerprint density at radius 2 is 1.79 bits per heavy atom. The Bertz CT molecular complexity index is 334.